The Balaban J connectivity index is 1.90. The van der Waals surface area contributed by atoms with E-state index in [0.29, 0.717) is 5.11 Å². The molecule has 0 fully saturated rings. The van der Waals surface area contributed by atoms with E-state index in [1.54, 1.807) is 0 Å². The molecule has 0 aromatic heterocycles. The molecule has 0 radical (unpaired) electrons. The molecule has 3 aromatic carbocycles. The summed E-state index contributed by atoms with van der Waals surface area (Å²) >= 11 is 5.71. The first-order valence-corrected chi connectivity index (χ1v) is 8.77. The fourth-order valence-electron chi connectivity index (χ4n) is 2.94. The van der Waals surface area contributed by atoms with Gasteiger partial charge >= 0.3 is 0 Å². The van der Waals surface area contributed by atoms with E-state index in [-0.39, 0.29) is 6.04 Å². The highest BCUT2D eigenvalue weighted by Crippen LogP contribution is 2.28. The number of thiocarbonyl (C=S) groups is 1. The van der Waals surface area contributed by atoms with E-state index in [4.69, 9.17) is 12.2 Å². The Morgan fingerprint density at radius 3 is 1.80 bits per heavy atom. The second-order valence-electron chi connectivity index (χ2n) is 6.08. The standard InChI is InChI=1S/C22H22N2S/c1-17-11-9-10-16-20(17)23-22(25)24(2)21(18-12-5-3-6-13-18)19-14-7-4-8-15-19/h3-16,21H,1-2H3,(H,23,25). The number of rotatable bonds is 4. The molecule has 0 bridgehead atoms. The van der Waals surface area contributed by atoms with Crippen molar-refractivity contribution in [2.45, 2.75) is 13.0 Å². The number of para-hydroxylation sites is 1. The van der Waals surface area contributed by atoms with Gasteiger partial charge in [0.1, 0.15) is 0 Å². The van der Waals surface area contributed by atoms with Crippen LogP contribution in [0, 0.1) is 6.92 Å². The highest BCUT2D eigenvalue weighted by atomic mass is 32.1. The molecule has 2 nitrogen and oxygen atoms in total. The minimum atomic E-state index is 0.0615. The van der Waals surface area contributed by atoms with E-state index in [1.165, 1.54) is 16.7 Å². The molecule has 0 unspecified atom stereocenters. The minimum Gasteiger partial charge on any atom is -0.341 e. The van der Waals surface area contributed by atoms with E-state index in [2.05, 4.69) is 77.8 Å². The third-order valence-corrected chi connectivity index (χ3v) is 4.71. The van der Waals surface area contributed by atoms with Gasteiger partial charge in [0.15, 0.2) is 5.11 Å². The SMILES string of the molecule is Cc1ccccc1NC(=S)N(C)C(c1ccccc1)c1ccccc1. The lowest BCUT2D eigenvalue weighted by atomic mass is 9.98. The average molecular weight is 346 g/mol. The van der Waals surface area contributed by atoms with Gasteiger partial charge in [-0.2, -0.15) is 0 Å². The van der Waals surface area contributed by atoms with Gasteiger partial charge in [-0.3, -0.25) is 0 Å². The molecule has 3 rings (SSSR count). The summed E-state index contributed by atoms with van der Waals surface area (Å²) in [6.07, 6.45) is 0. The van der Waals surface area contributed by atoms with Crippen LogP contribution in [0.5, 0.6) is 0 Å². The van der Waals surface area contributed by atoms with Gasteiger partial charge < -0.3 is 10.2 Å². The Bertz CT molecular complexity index is 791. The molecule has 1 N–H and O–H groups in total. The molecular formula is C22H22N2S. The quantitative estimate of drug-likeness (QED) is 0.636. The van der Waals surface area contributed by atoms with Crippen LogP contribution in [-0.4, -0.2) is 17.1 Å². The lowest BCUT2D eigenvalue weighted by molar-refractivity contribution is 0.434. The fourth-order valence-corrected chi connectivity index (χ4v) is 3.16. The summed E-state index contributed by atoms with van der Waals surface area (Å²) in [5.74, 6) is 0. The summed E-state index contributed by atoms with van der Waals surface area (Å²) in [4.78, 5) is 2.12. The Morgan fingerprint density at radius 1 is 0.800 bits per heavy atom. The first-order valence-electron chi connectivity index (χ1n) is 8.36. The molecule has 0 spiro atoms. The molecule has 0 aliphatic carbocycles. The van der Waals surface area contributed by atoms with Crippen LogP contribution in [-0.2, 0) is 0 Å². The zero-order valence-electron chi connectivity index (χ0n) is 14.5. The molecule has 0 aliphatic rings. The fraction of sp³-hybridized carbons (Fsp3) is 0.136. The van der Waals surface area contributed by atoms with E-state index in [0.717, 1.165) is 5.69 Å². The van der Waals surface area contributed by atoms with Crippen LogP contribution < -0.4 is 5.32 Å². The number of nitrogens with one attached hydrogen (secondary N) is 1. The molecule has 0 amide bonds. The minimum absolute atomic E-state index is 0.0615. The lowest BCUT2D eigenvalue weighted by Crippen LogP contribution is -2.35. The van der Waals surface area contributed by atoms with Gasteiger partial charge in [0.05, 0.1) is 6.04 Å². The first-order chi connectivity index (χ1) is 12.2. The maximum Gasteiger partial charge on any atom is 0.173 e. The van der Waals surface area contributed by atoms with Crippen LogP contribution in [0.4, 0.5) is 5.69 Å². The molecule has 0 heterocycles. The van der Waals surface area contributed by atoms with Crippen LogP contribution in [0.15, 0.2) is 84.9 Å². The Labute approximate surface area is 155 Å². The van der Waals surface area contributed by atoms with Crippen molar-refractivity contribution >= 4 is 23.0 Å². The second kappa shape index (κ2) is 7.95. The average Bonchev–Trinajstić information content (AvgIpc) is 2.65. The van der Waals surface area contributed by atoms with Gasteiger partial charge in [-0.15, -0.1) is 0 Å². The molecule has 3 heteroatoms. The summed E-state index contributed by atoms with van der Waals surface area (Å²) < 4.78 is 0. The van der Waals surface area contributed by atoms with Gasteiger partial charge in [0, 0.05) is 12.7 Å². The smallest absolute Gasteiger partial charge is 0.173 e. The molecule has 0 aliphatic heterocycles. The van der Waals surface area contributed by atoms with E-state index >= 15 is 0 Å². The van der Waals surface area contributed by atoms with Crippen LogP contribution in [0.2, 0.25) is 0 Å². The van der Waals surface area contributed by atoms with Crippen LogP contribution >= 0.6 is 12.2 Å². The molecule has 3 aromatic rings. The van der Waals surface area contributed by atoms with Gasteiger partial charge in [0.25, 0.3) is 0 Å². The Kier molecular flexibility index (Phi) is 5.46. The maximum absolute atomic E-state index is 5.71. The van der Waals surface area contributed by atoms with Gasteiger partial charge in [0.2, 0.25) is 0 Å². The predicted octanol–water partition coefficient (Wildman–Crippen LogP) is 5.41. The highest BCUT2D eigenvalue weighted by molar-refractivity contribution is 7.80. The number of nitrogens with zero attached hydrogens (tertiary/aromatic N) is 1. The van der Waals surface area contributed by atoms with Crippen LogP contribution in [0.3, 0.4) is 0 Å². The Morgan fingerprint density at radius 2 is 1.28 bits per heavy atom. The van der Waals surface area contributed by atoms with E-state index in [9.17, 15) is 0 Å². The zero-order valence-corrected chi connectivity index (χ0v) is 15.3. The lowest BCUT2D eigenvalue weighted by Gasteiger charge is -2.31. The second-order valence-corrected chi connectivity index (χ2v) is 6.47. The molecule has 0 saturated heterocycles. The number of aryl methyl sites for hydroxylation is 1. The topological polar surface area (TPSA) is 15.3 Å². The third-order valence-electron chi connectivity index (χ3n) is 4.32. The summed E-state index contributed by atoms with van der Waals surface area (Å²) in [5, 5.41) is 4.09. The maximum atomic E-state index is 5.71. The molecular weight excluding hydrogens is 324 g/mol. The van der Waals surface area contributed by atoms with Gasteiger partial charge in [-0.25, -0.2) is 0 Å². The largest absolute Gasteiger partial charge is 0.341 e. The van der Waals surface area contributed by atoms with Gasteiger partial charge in [-0.05, 0) is 41.9 Å². The number of anilines is 1. The van der Waals surface area contributed by atoms with Crippen molar-refractivity contribution in [2.24, 2.45) is 0 Å². The normalized spacial score (nSPS) is 10.5. The Hall–Kier alpha value is -2.65. The molecule has 25 heavy (non-hydrogen) atoms. The van der Waals surface area contributed by atoms with Gasteiger partial charge in [-0.1, -0.05) is 78.9 Å². The van der Waals surface area contributed by atoms with Crippen molar-refractivity contribution in [3.63, 3.8) is 0 Å². The predicted molar refractivity (Wildman–Crippen MR) is 110 cm³/mol. The van der Waals surface area contributed by atoms with Crippen molar-refractivity contribution in [3.8, 4) is 0 Å². The van der Waals surface area contributed by atoms with Crippen molar-refractivity contribution < 1.29 is 0 Å². The number of hydrogen-bond acceptors (Lipinski definition) is 1. The van der Waals surface area contributed by atoms with Crippen molar-refractivity contribution in [2.75, 3.05) is 12.4 Å². The highest BCUT2D eigenvalue weighted by Gasteiger charge is 2.21. The molecule has 0 saturated carbocycles. The van der Waals surface area contributed by atoms with Crippen molar-refractivity contribution in [1.29, 1.82) is 0 Å². The summed E-state index contributed by atoms with van der Waals surface area (Å²) in [5.41, 5.74) is 4.64. The van der Waals surface area contributed by atoms with E-state index in [1.807, 2.05) is 31.3 Å². The zero-order chi connectivity index (χ0) is 17.6. The molecule has 0 atom stereocenters. The van der Waals surface area contributed by atoms with E-state index < -0.39 is 0 Å². The van der Waals surface area contributed by atoms with Crippen LogP contribution in [0.25, 0.3) is 0 Å². The molecule has 126 valence electrons. The van der Waals surface area contributed by atoms with Crippen molar-refractivity contribution in [1.82, 2.24) is 4.90 Å². The van der Waals surface area contributed by atoms with Crippen molar-refractivity contribution in [3.05, 3.63) is 102 Å². The summed E-state index contributed by atoms with van der Waals surface area (Å²) in [6, 6.07) is 29.2. The summed E-state index contributed by atoms with van der Waals surface area (Å²) in [6.45, 7) is 2.08. The number of benzene rings is 3. The first kappa shape index (κ1) is 17.2. The van der Waals surface area contributed by atoms with Crippen LogP contribution in [0.1, 0.15) is 22.7 Å². The number of hydrogen-bond donors (Lipinski definition) is 1. The summed E-state index contributed by atoms with van der Waals surface area (Å²) in [7, 11) is 2.04. The third kappa shape index (κ3) is 4.06. The monoisotopic (exact) mass is 346 g/mol.